The van der Waals surface area contributed by atoms with Gasteiger partial charge in [0.2, 0.25) is 5.91 Å². The van der Waals surface area contributed by atoms with Gasteiger partial charge in [0.1, 0.15) is 18.2 Å². The van der Waals surface area contributed by atoms with E-state index < -0.39 is 5.56 Å². The number of nitrogens with one attached hydrogen (secondary N) is 1. The summed E-state index contributed by atoms with van der Waals surface area (Å²) in [6.07, 6.45) is 0. The van der Waals surface area contributed by atoms with Crippen LogP contribution < -0.4 is 10.9 Å². The van der Waals surface area contributed by atoms with E-state index in [1.54, 1.807) is 13.8 Å². The van der Waals surface area contributed by atoms with Gasteiger partial charge in [0.15, 0.2) is 0 Å². The number of aromatic nitrogens is 2. The number of hydrogen-bond donors (Lipinski definition) is 1. The molecule has 1 heterocycles. The first-order chi connectivity index (χ1) is 10.9. The topological polar surface area (TPSA) is 87.8 Å². The van der Waals surface area contributed by atoms with Crippen LogP contribution in [0.1, 0.15) is 35.3 Å². The molecule has 23 heavy (non-hydrogen) atoms. The lowest BCUT2D eigenvalue weighted by atomic mass is 10.1. The third-order valence-electron chi connectivity index (χ3n) is 3.72. The van der Waals surface area contributed by atoms with E-state index in [1.165, 1.54) is 0 Å². The molecule has 118 valence electrons. The average Bonchev–Trinajstić information content (AvgIpc) is 2.54. The van der Waals surface area contributed by atoms with Crippen LogP contribution in [0.4, 0.5) is 0 Å². The van der Waals surface area contributed by atoms with Gasteiger partial charge in [-0.05, 0) is 31.9 Å². The van der Waals surface area contributed by atoms with Gasteiger partial charge < -0.3 is 5.32 Å². The molecule has 1 aromatic heterocycles. The molecule has 1 amide bonds. The second-order valence-corrected chi connectivity index (χ2v) is 5.36. The first kappa shape index (κ1) is 16.4. The lowest BCUT2D eigenvalue weighted by Crippen LogP contribution is -2.36. The maximum absolute atomic E-state index is 12.2. The molecular formula is C17H18N4O2. The van der Waals surface area contributed by atoms with Gasteiger partial charge >= 0.3 is 0 Å². The first-order valence-electron chi connectivity index (χ1n) is 7.26. The Morgan fingerprint density at radius 2 is 2.00 bits per heavy atom. The van der Waals surface area contributed by atoms with Crippen LogP contribution in [0, 0.1) is 25.2 Å². The highest BCUT2D eigenvalue weighted by Crippen LogP contribution is 2.11. The fourth-order valence-electron chi connectivity index (χ4n) is 2.26. The molecule has 2 aromatic rings. The number of carbonyl (C=O) groups excluding carboxylic acids is 1. The molecule has 0 aliphatic heterocycles. The van der Waals surface area contributed by atoms with Gasteiger partial charge in [-0.25, -0.2) is 4.68 Å². The van der Waals surface area contributed by atoms with E-state index in [2.05, 4.69) is 10.4 Å². The number of aryl methyl sites for hydroxylation is 1. The number of rotatable bonds is 4. The zero-order valence-electron chi connectivity index (χ0n) is 13.3. The van der Waals surface area contributed by atoms with Crippen LogP contribution in [0.25, 0.3) is 0 Å². The molecule has 0 bridgehead atoms. The molecule has 6 heteroatoms. The van der Waals surface area contributed by atoms with E-state index in [-0.39, 0.29) is 24.1 Å². The number of hydrogen-bond acceptors (Lipinski definition) is 4. The summed E-state index contributed by atoms with van der Waals surface area (Å²) >= 11 is 0. The molecule has 1 unspecified atom stereocenters. The molecule has 1 aromatic carbocycles. The number of carbonyl (C=O) groups is 1. The van der Waals surface area contributed by atoms with Crippen molar-refractivity contribution in [2.75, 3.05) is 0 Å². The Morgan fingerprint density at radius 3 is 2.61 bits per heavy atom. The van der Waals surface area contributed by atoms with Gasteiger partial charge in [0, 0.05) is 0 Å². The summed E-state index contributed by atoms with van der Waals surface area (Å²) in [4.78, 5) is 24.3. The van der Waals surface area contributed by atoms with E-state index in [1.807, 2.05) is 43.3 Å². The summed E-state index contributed by atoms with van der Waals surface area (Å²) in [7, 11) is 0. The van der Waals surface area contributed by atoms with Crippen LogP contribution in [0.2, 0.25) is 0 Å². The van der Waals surface area contributed by atoms with E-state index in [4.69, 9.17) is 5.26 Å². The summed E-state index contributed by atoms with van der Waals surface area (Å²) in [5.74, 6) is -0.330. The number of benzene rings is 1. The highest BCUT2D eigenvalue weighted by Gasteiger charge is 2.15. The van der Waals surface area contributed by atoms with Crippen molar-refractivity contribution in [3.8, 4) is 6.07 Å². The van der Waals surface area contributed by atoms with Gasteiger partial charge in [-0.2, -0.15) is 10.4 Å². The Bertz CT molecular complexity index is 819. The Labute approximate surface area is 134 Å². The molecule has 1 atom stereocenters. The minimum atomic E-state index is -0.543. The molecule has 0 spiro atoms. The quantitative estimate of drug-likeness (QED) is 0.929. The van der Waals surface area contributed by atoms with Crippen molar-refractivity contribution in [2.24, 2.45) is 0 Å². The van der Waals surface area contributed by atoms with E-state index in [0.29, 0.717) is 11.3 Å². The standard InChI is InChI=1S/C17H18N4O2/c1-11-12(2)20-21(17(23)15(11)9-18)10-16(22)19-13(3)14-7-5-4-6-8-14/h4-8,13H,10H2,1-3H3,(H,19,22). The average molecular weight is 310 g/mol. The van der Waals surface area contributed by atoms with Gasteiger partial charge in [-0.3, -0.25) is 9.59 Å². The van der Waals surface area contributed by atoms with Gasteiger partial charge in [0.25, 0.3) is 5.56 Å². The van der Waals surface area contributed by atoms with Gasteiger partial charge in [-0.1, -0.05) is 30.3 Å². The predicted octanol–water partition coefficient (Wildman–Crippen LogP) is 1.61. The Hall–Kier alpha value is -2.94. The fourth-order valence-corrected chi connectivity index (χ4v) is 2.26. The monoisotopic (exact) mass is 310 g/mol. The smallest absolute Gasteiger partial charge is 0.285 e. The molecule has 0 aliphatic rings. The van der Waals surface area contributed by atoms with Crippen molar-refractivity contribution < 1.29 is 4.79 Å². The first-order valence-corrected chi connectivity index (χ1v) is 7.26. The van der Waals surface area contributed by atoms with Crippen LogP contribution in [0.5, 0.6) is 0 Å². The lowest BCUT2D eigenvalue weighted by Gasteiger charge is -2.15. The van der Waals surface area contributed by atoms with Crippen molar-refractivity contribution in [1.82, 2.24) is 15.1 Å². The summed E-state index contributed by atoms with van der Waals surface area (Å²) in [5.41, 5.74) is 1.57. The van der Waals surface area contributed by atoms with E-state index in [9.17, 15) is 9.59 Å². The molecule has 0 aliphatic carbocycles. The Balaban J connectivity index is 2.17. The van der Waals surface area contributed by atoms with Gasteiger partial charge in [-0.15, -0.1) is 0 Å². The highest BCUT2D eigenvalue weighted by molar-refractivity contribution is 5.76. The van der Waals surface area contributed by atoms with Crippen molar-refractivity contribution in [3.05, 3.63) is 63.1 Å². The highest BCUT2D eigenvalue weighted by atomic mass is 16.2. The zero-order valence-corrected chi connectivity index (χ0v) is 13.3. The normalized spacial score (nSPS) is 11.6. The maximum Gasteiger partial charge on any atom is 0.285 e. The summed E-state index contributed by atoms with van der Waals surface area (Å²) < 4.78 is 1.04. The fraction of sp³-hybridized carbons (Fsp3) is 0.294. The summed E-state index contributed by atoms with van der Waals surface area (Å²) in [6.45, 7) is 5.02. The van der Waals surface area contributed by atoms with Crippen LogP contribution >= 0.6 is 0 Å². The predicted molar refractivity (Wildman–Crippen MR) is 85.7 cm³/mol. The third kappa shape index (κ3) is 3.64. The second-order valence-electron chi connectivity index (χ2n) is 5.36. The van der Waals surface area contributed by atoms with Crippen molar-refractivity contribution in [3.63, 3.8) is 0 Å². The minimum absolute atomic E-state index is 0.0291. The molecular weight excluding hydrogens is 292 g/mol. The van der Waals surface area contributed by atoms with Crippen LogP contribution in [0.15, 0.2) is 35.1 Å². The van der Waals surface area contributed by atoms with Crippen molar-refractivity contribution >= 4 is 5.91 Å². The van der Waals surface area contributed by atoms with Crippen molar-refractivity contribution in [2.45, 2.75) is 33.4 Å². The Kier molecular flexibility index (Phi) is 4.91. The Morgan fingerprint density at radius 1 is 1.35 bits per heavy atom. The molecule has 6 nitrogen and oxygen atoms in total. The number of amides is 1. The largest absolute Gasteiger partial charge is 0.348 e. The molecule has 1 N–H and O–H groups in total. The van der Waals surface area contributed by atoms with Gasteiger partial charge in [0.05, 0.1) is 11.7 Å². The maximum atomic E-state index is 12.2. The van der Waals surface area contributed by atoms with E-state index in [0.717, 1.165) is 10.2 Å². The number of nitriles is 1. The second kappa shape index (κ2) is 6.88. The minimum Gasteiger partial charge on any atom is -0.348 e. The lowest BCUT2D eigenvalue weighted by molar-refractivity contribution is -0.122. The summed E-state index contributed by atoms with van der Waals surface area (Å²) in [6, 6.07) is 11.2. The third-order valence-corrected chi connectivity index (χ3v) is 3.72. The van der Waals surface area contributed by atoms with Crippen LogP contribution in [-0.2, 0) is 11.3 Å². The molecule has 2 rings (SSSR count). The number of nitrogens with zero attached hydrogens (tertiary/aromatic N) is 3. The molecule has 0 saturated heterocycles. The molecule has 0 fully saturated rings. The van der Waals surface area contributed by atoms with Crippen LogP contribution in [0.3, 0.4) is 0 Å². The molecule has 0 radical (unpaired) electrons. The zero-order chi connectivity index (χ0) is 17.0. The van der Waals surface area contributed by atoms with Crippen LogP contribution in [-0.4, -0.2) is 15.7 Å². The van der Waals surface area contributed by atoms with Crippen molar-refractivity contribution in [1.29, 1.82) is 5.26 Å². The van der Waals surface area contributed by atoms with E-state index >= 15 is 0 Å². The summed E-state index contributed by atoms with van der Waals surface area (Å²) in [5, 5.41) is 16.0. The molecule has 0 saturated carbocycles. The SMILES string of the molecule is Cc1nn(CC(=O)NC(C)c2ccccc2)c(=O)c(C#N)c1C.